The predicted molar refractivity (Wildman–Crippen MR) is 40.9 cm³/mol. The van der Waals surface area contributed by atoms with Crippen LogP contribution >= 0.6 is 7.60 Å². The summed E-state index contributed by atoms with van der Waals surface area (Å²) in [6, 6.07) is 0. The van der Waals surface area contributed by atoms with Crippen molar-refractivity contribution in [2.45, 2.75) is 25.7 Å². The van der Waals surface area contributed by atoms with Gasteiger partial charge in [-0.1, -0.05) is 6.92 Å². The molecule has 0 amide bonds. The molecule has 0 aromatic carbocycles. The quantitative estimate of drug-likeness (QED) is 0.440. The van der Waals surface area contributed by atoms with Gasteiger partial charge in [-0.05, 0) is 6.92 Å². The van der Waals surface area contributed by atoms with Crippen molar-refractivity contribution >= 4 is 7.60 Å². The van der Waals surface area contributed by atoms with Gasteiger partial charge in [0.1, 0.15) is 5.78 Å². The van der Waals surface area contributed by atoms with Crippen LogP contribution in [-0.2, 0) is 4.57 Å². The van der Waals surface area contributed by atoms with Crippen LogP contribution in [0.4, 0.5) is 0 Å². The smallest absolute Gasteiger partial charge is 0.342 e. The van der Waals surface area contributed by atoms with Crippen LogP contribution in [0.5, 0.6) is 0 Å². The Morgan fingerprint density at radius 3 is 1.82 bits per heavy atom. The summed E-state index contributed by atoms with van der Waals surface area (Å²) >= 11 is 0. The van der Waals surface area contributed by atoms with Crippen LogP contribution in [0.1, 0.15) is 13.8 Å². The molecular weight excluding hydrogens is 169 g/mol. The van der Waals surface area contributed by atoms with Crippen LogP contribution < -0.4 is 5.73 Å². The Kier molecular flexibility index (Phi) is 3.67. The number of hydrogen-bond acceptors (Lipinski definition) is 3. The van der Waals surface area contributed by atoms with Crippen molar-refractivity contribution in [2.75, 3.05) is 0 Å². The summed E-state index contributed by atoms with van der Waals surface area (Å²) in [6.45, 7) is 2.94. The van der Waals surface area contributed by atoms with Gasteiger partial charge >= 0.3 is 7.60 Å². The van der Waals surface area contributed by atoms with Crippen molar-refractivity contribution in [3.05, 3.63) is 0 Å². The number of rotatable bonds is 3. The summed E-state index contributed by atoms with van der Waals surface area (Å²) in [7, 11) is -4.25. The third kappa shape index (κ3) is 3.31. The van der Waals surface area contributed by atoms with E-state index in [2.05, 4.69) is 0 Å². The van der Waals surface area contributed by atoms with Crippen molar-refractivity contribution < 1.29 is 19.5 Å². The maximum Gasteiger partial charge on any atom is 0.342 e. The maximum absolute atomic E-state index is 10.5. The fourth-order valence-electron chi connectivity index (χ4n) is 0.592. The van der Waals surface area contributed by atoms with Gasteiger partial charge in [-0.3, -0.25) is 4.57 Å². The van der Waals surface area contributed by atoms with E-state index in [-0.39, 0.29) is 0 Å². The van der Waals surface area contributed by atoms with Gasteiger partial charge in [0.2, 0.25) is 0 Å². The third-order valence-electron chi connectivity index (χ3n) is 1.69. The van der Waals surface area contributed by atoms with E-state index >= 15 is 0 Å². The molecule has 0 radical (unpaired) electrons. The van der Waals surface area contributed by atoms with Crippen molar-refractivity contribution in [1.29, 1.82) is 0 Å². The second kappa shape index (κ2) is 3.65. The lowest BCUT2D eigenvalue weighted by atomic mass is 10.1. The minimum absolute atomic E-state index is 0.601. The van der Waals surface area contributed by atoms with Crippen LogP contribution in [0.2, 0.25) is 0 Å². The minimum atomic E-state index is -4.25. The van der Waals surface area contributed by atoms with Crippen LogP contribution in [-0.4, -0.2) is 26.8 Å². The molecule has 3 atom stereocenters. The Labute approximate surface area is 65.4 Å². The number of aliphatic hydroxyl groups excluding tert-OH is 1. The van der Waals surface area contributed by atoms with Crippen LogP contribution in [0, 0.1) is 5.92 Å². The first-order valence-electron chi connectivity index (χ1n) is 3.25. The normalized spacial score (nSPS) is 20.9. The van der Waals surface area contributed by atoms with Gasteiger partial charge in [-0.25, -0.2) is 0 Å². The molecule has 68 valence electrons. The maximum atomic E-state index is 10.5. The highest BCUT2D eigenvalue weighted by molar-refractivity contribution is 7.52. The van der Waals surface area contributed by atoms with Crippen molar-refractivity contribution in [1.82, 2.24) is 0 Å². The average Bonchev–Trinajstić information content (AvgIpc) is 1.82. The highest BCUT2D eigenvalue weighted by atomic mass is 31.2. The molecule has 6 heteroatoms. The molecule has 0 aliphatic rings. The van der Waals surface area contributed by atoms with E-state index in [1.807, 2.05) is 0 Å². The molecule has 5 nitrogen and oxygen atoms in total. The zero-order valence-electron chi connectivity index (χ0n) is 6.51. The minimum Gasteiger partial charge on any atom is -0.393 e. The zero-order chi connectivity index (χ0) is 9.23. The third-order valence-corrected chi connectivity index (χ3v) is 2.94. The summed E-state index contributed by atoms with van der Waals surface area (Å²) in [4.78, 5) is 17.2. The molecule has 0 heterocycles. The van der Waals surface area contributed by atoms with E-state index in [1.54, 1.807) is 0 Å². The first-order chi connectivity index (χ1) is 4.76. The monoisotopic (exact) mass is 183 g/mol. The summed E-state index contributed by atoms with van der Waals surface area (Å²) in [5, 5.41) is 8.93. The summed E-state index contributed by atoms with van der Waals surface area (Å²) in [5.41, 5.74) is 5.17. The van der Waals surface area contributed by atoms with E-state index in [0.29, 0.717) is 0 Å². The number of aliphatic hydroxyl groups is 1. The van der Waals surface area contributed by atoms with Gasteiger partial charge in [0.15, 0.2) is 0 Å². The fourth-order valence-corrected chi connectivity index (χ4v) is 1.45. The van der Waals surface area contributed by atoms with Crippen LogP contribution in [0.25, 0.3) is 0 Å². The van der Waals surface area contributed by atoms with Crippen LogP contribution in [0.15, 0.2) is 0 Å². The molecule has 0 aromatic rings. The molecule has 0 saturated heterocycles. The van der Waals surface area contributed by atoms with Gasteiger partial charge in [0.25, 0.3) is 0 Å². The first kappa shape index (κ1) is 11.1. The van der Waals surface area contributed by atoms with E-state index in [1.165, 1.54) is 13.8 Å². The number of hydrogen-bond donors (Lipinski definition) is 4. The Morgan fingerprint density at radius 2 is 1.73 bits per heavy atom. The molecule has 0 rings (SSSR count). The Balaban J connectivity index is 4.26. The fraction of sp³-hybridized carbons (Fsp3) is 1.00. The van der Waals surface area contributed by atoms with Crippen LogP contribution in [0.3, 0.4) is 0 Å². The first-order valence-corrected chi connectivity index (χ1v) is 4.94. The van der Waals surface area contributed by atoms with E-state index in [4.69, 9.17) is 20.6 Å². The van der Waals surface area contributed by atoms with Gasteiger partial charge < -0.3 is 20.6 Å². The van der Waals surface area contributed by atoms with Crippen molar-refractivity contribution in [3.63, 3.8) is 0 Å². The second-order valence-electron chi connectivity index (χ2n) is 2.68. The molecule has 0 aliphatic carbocycles. The lowest BCUT2D eigenvalue weighted by Crippen LogP contribution is -2.34. The van der Waals surface area contributed by atoms with E-state index < -0.39 is 25.4 Å². The van der Waals surface area contributed by atoms with Crippen molar-refractivity contribution in [2.24, 2.45) is 11.7 Å². The molecule has 0 spiro atoms. The Morgan fingerprint density at radius 1 is 1.36 bits per heavy atom. The SMILES string of the molecule is C[C@@H]([C@H](C)O)[C@H](N)P(=O)(O)O. The highest BCUT2D eigenvalue weighted by Crippen LogP contribution is 2.42. The van der Waals surface area contributed by atoms with Gasteiger partial charge in [-0.15, -0.1) is 0 Å². The molecule has 11 heavy (non-hydrogen) atoms. The second-order valence-corrected chi connectivity index (χ2v) is 4.45. The largest absolute Gasteiger partial charge is 0.393 e. The van der Waals surface area contributed by atoms with Gasteiger partial charge in [-0.2, -0.15) is 0 Å². The topological polar surface area (TPSA) is 104 Å². The van der Waals surface area contributed by atoms with Gasteiger partial charge in [0, 0.05) is 5.92 Å². The van der Waals surface area contributed by atoms with E-state index in [0.717, 1.165) is 0 Å². The highest BCUT2D eigenvalue weighted by Gasteiger charge is 2.32. The molecule has 0 aromatic heterocycles. The molecule has 0 unspecified atom stereocenters. The van der Waals surface area contributed by atoms with Crippen molar-refractivity contribution in [3.8, 4) is 0 Å². The number of nitrogens with two attached hydrogens (primary N) is 1. The molecule has 0 bridgehead atoms. The lowest BCUT2D eigenvalue weighted by molar-refractivity contribution is 0.127. The Hall–Kier alpha value is 0.0700. The predicted octanol–water partition coefficient (Wildman–Crippen LogP) is -0.534. The summed E-state index contributed by atoms with van der Waals surface area (Å²) in [6.07, 6.45) is -0.808. The average molecular weight is 183 g/mol. The standard InChI is InChI=1S/C5H14NO4P/c1-3(4(2)7)5(6)11(8,9)10/h3-5,7H,6H2,1-2H3,(H2,8,9,10)/t3-,4-,5+/m0/s1. The Bertz CT molecular complexity index is 166. The zero-order valence-corrected chi connectivity index (χ0v) is 7.40. The molecular formula is C5H14NO4P. The molecule has 0 fully saturated rings. The summed E-state index contributed by atoms with van der Waals surface area (Å²) in [5.74, 6) is -1.88. The molecule has 0 saturated carbocycles. The van der Waals surface area contributed by atoms with E-state index in [9.17, 15) is 4.57 Å². The molecule has 0 aliphatic heterocycles. The molecule has 5 N–H and O–H groups in total. The van der Waals surface area contributed by atoms with Gasteiger partial charge in [0.05, 0.1) is 6.10 Å². The summed E-state index contributed by atoms with van der Waals surface area (Å²) < 4.78 is 10.5. The lowest BCUT2D eigenvalue weighted by Gasteiger charge is -2.22.